The fourth-order valence-corrected chi connectivity index (χ4v) is 3.86. The monoisotopic (exact) mass is 385 g/mol. The highest BCUT2D eigenvalue weighted by Crippen LogP contribution is 2.32. The molecule has 0 atom stereocenters. The van der Waals surface area contributed by atoms with Crippen LogP contribution in [-0.2, 0) is 9.59 Å². The third-order valence-electron chi connectivity index (χ3n) is 5.60. The van der Waals surface area contributed by atoms with Crippen LogP contribution in [0, 0.1) is 0 Å². The predicted octanol–water partition coefficient (Wildman–Crippen LogP) is 1.59. The Morgan fingerprint density at radius 1 is 0.929 bits per heavy atom. The van der Waals surface area contributed by atoms with E-state index in [-0.39, 0.29) is 18.6 Å². The van der Waals surface area contributed by atoms with Gasteiger partial charge in [0, 0.05) is 58.3 Å². The third-order valence-corrected chi connectivity index (χ3v) is 5.60. The molecule has 4 rings (SSSR count). The van der Waals surface area contributed by atoms with Crippen LogP contribution in [0.4, 0.5) is 0 Å². The number of nitrogens with zero attached hydrogens (tertiary/aromatic N) is 3. The molecule has 0 spiro atoms. The molecule has 2 amide bonds. The van der Waals surface area contributed by atoms with E-state index in [4.69, 9.17) is 9.47 Å². The number of hydrogen-bond donors (Lipinski definition) is 0. The molecule has 0 aliphatic carbocycles. The second-order valence-corrected chi connectivity index (χ2v) is 7.45. The molecule has 3 heterocycles. The summed E-state index contributed by atoms with van der Waals surface area (Å²) in [4.78, 5) is 30.7. The summed E-state index contributed by atoms with van der Waals surface area (Å²) in [5.41, 5.74) is 0.914. The van der Waals surface area contributed by atoms with Gasteiger partial charge in [-0.05, 0) is 36.6 Å². The maximum atomic E-state index is 12.5. The van der Waals surface area contributed by atoms with E-state index in [9.17, 15) is 9.59 Å². The minimum absolute atomic E-state index is 0.0189. The molecule has 3 aliphatic heterocycles. The van der Waals surface area contributed by atoms with E-state index >= 15 is 0 Å². The highest BCUT2D eigenvalue weighted by atomic mass is 16.7. The lowest BCUT2D eigenvalue weighted by atomic mass is 10.2. The van der Waals surface area contributed by atoms with Crippen LogP contribution in [0.25, 0.3) is 6.08 Å². The van der Waals surface area contributed by atoms with Gasteiger partial charge >= 0.3 is 0 Å². The Bertz CT molecular complexity index is 750. The van der Waals surface area contributed by atoms with Crippen molar-refractivity contribution in [1.29, 1.82) is 0 Å². The summed E-state index contributed by atoms with van der Waals surface area (Å²) < 4.78 is 10.7. The standard InChI is InChI=1S/C21H27N3O4/c25-20(6-4-17-3-5-18-19(15-17)28-16-27-18)24-13-11-22(12-14-24)10-7-21(26)23-8-1-2-9-23/h3-6,15H,1-2,7-14,16H2/b6-4+. The number of amides is 2. The van der Waals surface area contributed by atoms with E-state index in [1.54, 1.807) is 6.08 Å². The Hall–Kier alpha value is -2.54. The Morgan fingerprint density at radius 2 is 1.68 bits per heavy atom. The molecule has 2 fully saturated rings. The summed E-state index contributed by atoms with van der Waals surface area (Å²) in [7, 11) is 0. The summed E-state index contributed by atoms with van der Waals surface area (Å²) >= 11 is 0. The number of piperazine rings is 1. The van der Waals surface area contributed by atoms with E-state index in [0.29, 0.717) is 25.3 Å². The van der Waals surface area contributed by atoms with Crippen LogP contribution in [0.5, 0.6) is 11.5 Å². The van der Waals surface area contributed by atoms with Gasteiger partial charge in [-0.2, -0.15) is 0 Å². The highest BCUT2D eigenvalue weighted by Gasteiger charge is 2.22. The number of fused-ring (bicyclic) bond motifs is 1. The molecular formula is C21H27N3O4. The van der Waals surface area contributed by atoms with Crippen LogP contribution < -0.4 is 9.47 Å². The number of ether oxygens (including phenoxy) is 2. The zero-order chi connectivity index (χ0) is 19.3. The fraction of sp³-hybridized carbons (Fsp3) is 0.524. The van der Waals surface area contributed by atoms with E-state index in [1.165, 1.54) is 0 Å². The second-order valence-electron chi connectivity index (χ2n) is 7.45. The lowest BCUT2D eigenvalue weighted by molar-refractivity contribution is -0.131. The highest BCUT2D eigenvalue weighted by molar-refractivity contribution is 5.92. The van der Waals surface area contributed by atoms with Gasteiger partial charge in [0.15, 0.2) is 11.5 Å². The van der Waals surface area contributed by atoms with Crippen molar-refractivity contribution in [1.82, 2.24) is 14.7 Å². The zero-order valence-corrected chi connectivity index (χ0v) is 16.1. The van der Waals surface area contributed by atoms with Crippen LogP contribution in [0.3, 0.4) is 0 Å². The van der Waals surface area contributed by atoms with E-state index in [2.05, 4.69) is 4.90 Å². The van der Waals surface area contributed by atoms with Crippen molar-refractivity contribution in [2.75, 3.05) is 52.6 Å². The Morgan fingerprint density at radius 3 is 2.46 bits per heavy atom. The molecule has 2 saturated heterocycles. The Kier molecular flexibility index (Phi) is 5.81. The number of likely N-dealkylation sites (tertiary alicyclic amines) is 1. The lowest BCUT2D eigenvalue weighted by Crippen LogP contribution is -2.49. The van der Waals surface area contributed by atoms with Gasteiger partial charge in [-0.1, -0.05) is 6.07 Å². The lowest BCUT2D eigenvalue weighted by Gasteiger charge is -2.34. The largest absolute Gasteiger partial charge is 0.454 e. The summed E-state index contributed by atoms with van der Waals surface area (Å²) in [5, 5.41) is 0. The van der Waals surface area contributed by atoms with Crippen LogP contribution in [0.1, 0.15) is 24.8 Å². The average molecular weight is 385 g/mol. The van der Waals surface area contributed by atoms with E-state index < -0.39 is 0 Å². The van der Waals surface area contributed by atoms with Gasteiger partial charge < -0.3 is 19.3 Å². The van der Waals surface area contributed by atoms with Gasteiger partial charge in [-0.25, -0.2) is 0 Å². The van der Waals surface area contributed by atoms with E-state index in [1.807, 2.05) is 34.1 Å². The number of rotatable bonds is 5. The minimum atomic E-state index is 0.0189. The molecule has 1 aromatic carbocycles. The molecule has 0 unspecified atom stereocenters. The quantitative estimate of drug-likeness (QED) is 0.721. The van der Waals surface area contributed by atoms with Crippen molar-refractivity contribution < 1.29 is 19.1 Å². The normalized spacial score (nSPS) is 19.6. The predicted molar refractivity (Wildman–Crippen MR) is 105 cm³/mol. The Labute approximate surface area is 165 Å². The first-order valence-electron chi connectivity index (χ1n) is 10.1. The van der Waals surface area contributed by atoms with Crippen LogP contribution in [0.15, 0.2) is 24.3 Å². The second kappa shape index (κ2) is 8.65. The summed E-state index contributed by atoms with van der Waals surface area (Å²) in [6, 6.07) is 5.64. The molecule has 1 aromatic rings. The maximum Gasteiger partial charge on any atom is 0.246 e. The van der Waals surface area contributed by atoms with Crippen molar-refractivity contribution in [2.24, 2.45) is 0 Å². The summed E-state index contributed by atoms with van der Waals surface area (Å²) in [6.45, 7) is 5.88. The van der Waals surface area contributed by atoms with Gasteiger partial charge in [0.2, 0.25) is 18.6 Å². The Balaban J connectivity index is 1.21. The SMILES string of the molecule is O=C(/C=C/c1ccc2c(c1)OCO2)N1CCN(CCC(=O)N2CCCC2)CC1. The van der Waals surface area contributed by atoms with Crippen molar-refractivity contribution in [3.8, 4) is 11.5 Å². The van der Waals surface area contributed by atoms with Crippen molar-refractivity contribution in [2.45, 2.75) is 19.3 Å². The van der Waals surface area contributed by atoms with Gasteiger partial charge in [-0.3, -0.25) is 14.5 Å². The minimum Gasteiger partial charge on any atom is -0.454 e. The average Bonchev–Trinajstić information content (AvgIpc) is 3.42. The van der Waals surface area contributed by atoms with Gasteiger partial charge in [0.05, 0.1) is 0 Å². The third kappa shape index (κ3) is 4.47. The van der Waals surface area contributed by atoms with Crippen molar-refractivity contribution in [3.05, 3.63) is 29.8 Å². The molecule has 0 saturated carbocycles. The number of benzene rings is 1. The maximum absolute atomic E-state index is 12.5. The first-order chi connectivity index (χ1) is 13.7. The molecule has 0 aromatic heterocycles. The molecule has 0 radical (unpaired) electrons. The molecule has 7 nitrogen and oxygen atoms in total. The number of carbonyl (C=O) groups excluding carboxylic acids is 2. The van der Waals surface area contributed by atoms with Crippen molar-refractivity contribution in [3.63, 3.8) is 0 Å². The summed E-state index contributed by atoms with van der Waals surface area (Å²) in [5.74, 6) is 1.74. The molecule has 0 bridgehead atoms. The van der Waals surface area contributed by atoms with Crippen LogP contribution in [0.2, 0.25) is 0 Å². The van der Waals surface area contributed by atoms with Gasteiger partial charge in [-0.15, -0.1) is 0 Å². The molecule has 0 N–H and O–H groups in total. The fourth-order valence-electron chi connectivity index (χ4n) is 3.86. The van der Waals surface area contributed by atoms with Gasteiger partial charge in [0.1, 0.15) is 0 Å². The molecule has 150 valence electrons. The molecule has 7 heteroatoms. The van der Waals surface area contributed by atoms with Crippen LogP contribution in [-0.4, -0.2) is 79.1 Å². The first kappa shape index (κ1) is 18.8. The zero-order valence-electron chi connectivity index (χ0n) is 16.1. The molecular weight excluding hydrogens is 358 g/mol. The molecule has 3 aliphatic rings. The van der Waals surface area contributed by atoms with E-state index in [0.717, 1.165) is 56.9 Å². The van der Waals surface area contributed by atoms with Crippen molar-refractivity contribution >= 4 is 17.9 Å². The first-order valence-corrected chi connectivity index (χ1v) is 10.1. The number of hydrogen-bond acceptors (Lipinski definition) is 5. The van der Waals surface area contributed by atoms with Gasteiger partial charge in [0.25, 0.3) is 0 Å². The summed E-state index contributed by atoms with van der Waals surface area (Å²) in [6.07, 6.45) is 6.27. The topological polar surface area (TPSA) is 62.3 Å². The van der Waals surface area contributed by atoms with Crippen LogP contribution >= 0.6 is 0 Å². The molecule has 28 heavy (non-hydrogen) atoms. The number of carbonyl (C=O) groups is 2. The smallest absolute Gasteiger partial charge is 0.246 e.